The summed E-state index contributed by atoms with van der Waals surface area (Å²) < 4.78 is 3.23. The molecule has 1 atom stereocenters. The van der Waals surface area contributed by atoms with Crippen LogP contribution < -0.4 is 5.32 Å². The van der Waals surface area contributed by atoms with Crippen molar-refractivity contribution in [3.63, 3.8) is 0 Å². The van der Waals surface area contributed by atoms with E-state index < -0.39 is 5.54 Å². The fraction of sp³-hybridized carbons (Fsp3) is 0.652. The van der Waals surface area contributed by atoms with Crippen LogP contribution in [0.15, 0.2) is 17.5 Å². The average Bonchev–Trinajstić information content (AvgIpc) is 3.38. The second-order valence-corrected chi connectivity index (χ2v) is 10.3. The van der Waals surface area contributed by atoms with E-state index in [9.17, 15) is 9.59 Å². The molecule has 0 aromatic carbocycles. The van der Waals surface area contributed by atoms with Crippen LogP contribution in [0.3, 0.4) is 0 Å². The summed E-state index contributed by atoms with van der Waals surface area (Å²) in [5.41, 5.74) is 0.997. The van der Waals surface area contributed by atoms with Crippen LogP contribution in [0.2, 0.25) is 0 Å². The molecule has 1 N–H and O–H groups in total. The molecule has 6 heteroatoms. The molecule has 0 bridgehead atoms. The zero-order valence-electron chi connectivity index (χ0n) is 17.3. The largest absolute Gasteiger partial charge is 0.351 e. The Kier molecular flexibility index (Phi) is 4.93. The number of nitrogens with zero attached hydrogens (tertiary/aromatic N) is 2. The molecule has 0 radical (unpaired) electrons. The summed E-state index contributed by atoms with van der Waals surface area (Å²) in [6, 6.07) is 4.53. The van der Waals surface area contributed by atoms with Crippen molar-refractivity contribution in [3.8, 4) is 0 Å². The van der Waals surface area contributed by atoms with Crippen LogP contribution >= 0.6 is 11.3 Å². The van der Waals surface area contributed by atoms with Gasteiger partial charge < -0.3 is 14.8 Å². The van der Waals surface area contributed by atoms with Gasteiger partial charge in [-0.1, -0.05) is 38.5 Å². The number of carbonyl (C=O) groups excluding carboxylic acids is 2. The molecule has 1 unspecified atom stereocenters. The Morgan fingerprint density at radius 3 is 2.52 bits per heavy atom. The summed E-state index contributed by atoms with van der Waals surface area (Å²) in [6.45, 7) is 2.55. The molecule has 29 heavy (non-hydrogen) atoms. The van der Waals surface area contributed by atoms with Gasteiger partial charge in [0, 0.05) is 12.1 Å². The van der Waals surface area contributed by atoms with Gasteiger partial charge in [0.1, 0.15) is 11.2 Å². The predicted molar refractivity (Wildman–Crippen MR) is 116 cm³/mol. The lowest BCUT2D eigenvalue weighted by Crippen LogP contribution is -2.67. The van der Waals surface area contributed by atoms with Gasteiger partial charge >= 0.3 is 0 Å². The SMILES string of the molecule is CC1(C(=O)NC2CCCC2)Cn2c(cc3sccc32)C(=O)N1C1CCCCCC1. The monoisotopic (exact) mass is 413 g/mol. The molecule has 5 nitrogen and oxygen atoms in total. The second-order valence-electron chi connectivity index (χ2n) is 9.34. The molecular formula is C23H31N3O2S. The summed E-state index contributed by atoms with van der Waals surface area (Å²) in [6.07, 6.45) is 11.3. The van der Waals surface area contributed by atoms with Crippen LogP contribution in [0, 0.1) is 0 Å². The van der Waals surface area contributed by atoms with E-state index in [4.69, 9.17) is 0 Å². The van der Waals surface area contributed by atoms with Gasteiger partial charge in [-0.3, -0.25) is 9.59 Å². The van der Waals surface area contributed by atoms with E-state index >= 15 is 0 Å². The van der Waals surface area contributed by atoms with Crippen LogP contribution in [-0.4, -0.2) is 38.9 Å². The first kappa shape index (κ1) is 19.2. The Balaban J connectivity index is 1.55. The van der Waals surface area contributed by atoms with Gasteiger partial charge in [0.05, 0.1) is 16.8 Å². The minimum Gasteiger partial charge on any atom is -0.351 e. The number of hydrogen-bond donors (Lipinski definition) is 1. The molecule has 2 aromatic rings. The third-order valence-corrected chi connectivity index (χ3v) is 8.18. The Hall–Kier alpha value is -1.82. The van der Waals surface area contributed by atoms with Crippen molar-refractivity contribution in [2.75, 3.05) is 0 Å². The minimum atomic E-state index is -0.838. The van der Waals surface area contributed by atoms with Gasteiger partial charge in [-0.05, 0) is 50.1 Å². The smallest absolute Gasteiger partial charge is 0.271 e. The average molecular weight is 414 g/mol. The van der Waals surface area contributed by atoms with E-state index in [2.05, 4.69) is 21.3 Å². The molecule has 2 aliphatic carbocycles. The van der Waals surface area contributed by atoms with Crippen LogP contribution in [0.4, 0.5) is 0 Å². The number of thiophene rings is 1. The Morgan fingerprint density at radius 1 is 1.10 bits per heavy atom. The molecule has 2 fully saturated rings. The van der Waals surface area contributed by atoms with E-state index in [1.165, 1.54) is 25.7 Å². The Morgan fingerprint density at radius 2 is 1.79 bits per heavy atom. The molecular weight excluding hydrogens is 382 g/mol. The standard InChI is InChI=1S/C23H31N3O2S/c1-23(22(28)24-16-8-6-7-9-16)15-25-18-12-13-29-20(18)14-19(25)21(27)26(23)17-10-4-2-3-5-11-17/h12-14,16-17H,2-11,15H2,1H3,(H,24,28). The first-order valence-electron chi connectivity index (χ1n) is 11.3. The molecule has 2 aromatic heterocycles. The van der Waals surface area contributed by atoms with Gasteiger partial charge in [0.2, 0.25) is 5.91 Å². The van der Waals surface area contributed by atoms with Gasteiger partial charge in [-0.25, -0.2) is 0 Å². The highest BCUT2D eigenvalue weighted by molar-refractivity contribution is 7.17. The molecule has 0 saturated heterocycles. The van der Waals surface area contributed by atoms with E-state index in [0.29, 0.717) is 6.54 Å². The summed E-state index contributed by atoms with van der Waals surface area (Å²) in [5.74, 6) is 0.0698. The fourth-order valence-electron chi connectivity index (χ4n) is 5.73. The normalized spacial score (nSPS) is 26.7. The maximum Gasteiger partial charge on any atom is 0.271 e. The zero-order chi connectivity index (χ0) is 20.0. The summed E-state index contributed by atoms with van der Waals surface area (Å²) in [4.78, 5) is 29.4. The quantitative estimate of drug-likeness (QED) is 0.742. The molecule has 3 aliphatic rings. The Bertz CT molecular complexity index is 918. The van der Waals surface area contributed by atoms with E-state index in [1.807, 2.05) is 17.9 Å². The number of amides is 2. The first-order chi connectivity index (χ1) is 14.1. The molecule has 1 aliphatic heterocycles. The van der Waals surface area contributed by atoms with Gasteiger partial charge in [-0.15, -0.1) is 11.3 Å². The fourth-order valence-corrected chi connectivity index (χ4v) is 6.56. The lowest BCUT2D eigenvalue weighted by atomic mass is 9.90. The van der Waals surface area contributed by atoms with Crippen molar-refractivity contribution in [1.29, 1.82) is 0 Å². The van der Waals surface area contributed by atoms with Crippen molar-refractivity contribution >= 4 is 33.4 Å². The maximum absolute atomic E-state index is 13.8. The number of hydrogen-bond acceptors (Lipinski definition) is 3. The second kappa shape index (κ2) is 7.46. The van der Waals surface area contributed by atoms with Gasteiger partial charge in [0.15, 0.2) is 0 Å². The van der Waals surface area contributed by atoms with Crippen LogP contribution in [0.5, 0.6) is 0 Å². The number of rotatable bonds is 3. The van der Waals surface area contributed by atoms with Crippen LogP contribution in [0.1, 0.15) is 81.6 Å². The van der Waals surface area contributed by atoms with Crippen molar-refractivity contribution in [2.24, 2.45) is 0 Å². The molecule has 156 valence electrons. The molecule has 2 saturated carbocycles. The topological polar surface area (TPSA) is 54.3 Å². The molecule has 2 amide bonds. The highest BCUT2D eigenvalue weighted by Crippen LogP contribution is 2.38. The van der Waals surface area contributed by atoms with Crippen molar-refractivity contribution < 1.29 is 9.59 Å². The maximum atomic E-state index is 13.8. The van der Waals surface area contributed by atoms with Crippen molar-refractivity contribution in [2.45, 2.75) is 95.3 Å². The van der Waals surface area contributed by atoms with E-state index in [-0.39, 0.29) is 23.9 Å². The summed E-state index contributed by atoms with van der Waals surface area (Å²) >= 11 is 1.67. The Labute approximate surface area is 176 Å². The van der Waals surface area contributed by atoms with Gasteiger partial charge in [-0.2, -0.15) is 0 Å². The van der Waals surface area contributed by atoms with Gasteiger partial charge in [0.25, 0.3) is 5.91 Å². The van der Waals surface area contributed by atoms with Crippen LogP contribution in [0.25, 0.3) is 10.2 Å². The third-order valence-electron chi connectivity index (χ3n) is 7.33. The van der Waals surface area contributed by atoms with Crippen LogP contribution in [-0.2, 0) is 11.3 Å². The van der Waals surface area contributed by atoms with E-state index in [0.717, 1.165) is 54.4 Å². The summed E-state index contributed by atoms with van der Waals surface area (Å²) in [5, 5.41) is 5.38. The molecule has 5 rings (SSSR count). The first-order valence-corrected chi connectivity index (χ1v) is 12.2. The highest BCUT2D eigenvalue weighted by atomic mass is 32.1. The molecule has 0 spiro atoms. The third kappa shape index (κ3) is 3.20. The zero-order valence-corrected chi connectivity index (χ0v) is 18.1. The number of carbonyl (C=O) groups is 2. The number of aromatic nitrogens is 1. The summed E-state index contributed by atoms with van der Waals surface area (Å²) in [7, 11) is 0. The number of nitrogens with one attached hydrogen (secondary N) is 1. The molecule has 3 heterocycles. The van der Waals surface area contributed by atoms with E-state index in [1.54, 1.807) is 11.3 Å². The highest BCUT2D eigenvalue weighted by Gasteiger charge is 2.50. The lowest BCUT2D eigenvalue weighted by Gasteiger charge is -2.48. The minimum absolute atomic E-state index is 0.0322. The van der Waals surface area contributed by atoms with Crippen molar-refractivity contribution in [1.82, 2.24) is 14.8 Å². The lowest BCUT2D eigenvalue weighted by molar-refractivity contribution is -0.135. The predicted octanol–water partition coefficient (Wildman–Crippen LogP) is 4.70. The van der Waals surface area contributed by atoms with Crippen molar-refractivity contribution in [3.05, 3.63) is 23.2 Å². The number of fused-ring (bicyclic) bond motifs is 3.